The van der Waals surface area contributed by atoms with Crippen molar-refractivity contribution in [3.63, 3.8) is 0 Å². The summed E-state index contributed by atoms with van der Waals surface area (Å²) in [7, 11) is 0. The Labute approximate surface area is 173 Å². The summed E-state index contributed by atoms with van der Waals surface area (Å²) >= 11 is 0.975. The van der Waals surface area contributed by atoms with E-state index < -0.39 is 23.4 Å². The highest BCUT2D eigenvalue weighted by Gasteiger charge is 2.18. The zero-order valence-electron chi connectivity index (χ0n) is 15.5. The summed E-state index contributed by atoms with van der Waals surface area (Å²) < 4.78 is 41.3. The molecule has 2 heterocycles. The van der Waals surface area contributed by atoms with Gasteiger partial charge in [0.15, 0.2) is 11.6 Å². The average molecular weight is 428 g/mol. The Bertz CT molecular complexity index is 1240. The lowest BCUT2D eigenvalue weighted by atomic mass is 9.99. The molecule has 2 aromatic carbocycles. The van der Waals surface area contributed by atoms with Crippen molar-refractivity contribution < 1.29 is 23.1 Å². The molecule has 0 aliphatic carbocycles. The van der Waals surface area contributed by atoms with Crippen LogP contribution in [0.25, 0.3) is 21.5 Å². The molecule has 4 nitrogen and oxygen atoms in total. The second-order valence-electron chi connectivity index (χ2n) is 6.73. The molecule has 0 aliphatic rings. The van der Waals surface area contributed by atoms with E-state index in [1.54, 1.807) is 6.07 Å². The molecule has 0 saturated carbocycles. The summed E-state index contributed by atoms with van der Waals surface area (Å²) in [4.78, 5) is 19.6. The van der Waals surface area contributed by atoms with Crippen molar-refractivity contribution in [2.24, 2.45) is 0 Å². The first-order valence-electron chi connectivity index (χ1n) is 9.10. The minimum atomic E-state index is -1.27. The molecule has 0 fully saturated rings. The zero-order valence-corrected chi connectivity index (χ0v) is 16.3. The van der Waals surface area contributed by atoms with E-state index in [-0.39, 0.29) is 16.6 Å². The van der Waals surface area contributed by atoms with Gasteiger partial charge in [-0.3, -0.25) is 9.78 Å². The van der Waals surface area contributed by atoms with Gasteiger partial charge in [-0.25, -0.2) is 18.2 Å². The van der Waals surface area contributed by atoms with E-state index in [9.17, 15) is 18.0 Å². The van der Waals surface area contributed by atoms with Crippen LogP contribution in [0.4, 0.5) is 13.2 Å². The highest BCUT2D eigenvalue weighted by atomic mass is 32.1. The fourth-order valence-corrected chi connectivity index (χ4v) is 4.22. The number of benzene rings is 2. The molecule has 1 N–H and O–H groups in total. The maximum absolute atomic E-state index is 14.0. The number of carboxylic acid groups (broad SMARTS) is 1. The molecule has 2 aromatic heterocycles. The molecule has 0 spiro atoms. The fraction of sp³-hybridized carbons (Fsp3) is 0.136. The molecule has 152 valence electrons. The Hall–Kier alpha value is -3.26. The van der Waals surface area contributed by atoms with Gasteiger partial charge in [0.25, 0.3) is 0 Å². The Morgan fingerprint density at radius 2 is 1.80 bits per heavy atom. The number of nitrogens with zero attached hydrogens (tertiary/aromatic N) is 2. The molecule has 4 rings (SSSR count). The second-order valence-corrected chi connectivity index (χ2v) is 7.81. The first-order chi connectivity index (χ1) is 14.4. The maximum atomic E-state index is 14.0. The third kappa shape index (κ3) is 4.04. The third-order valence-corrected chi connectivity index (χ3v) is 5.72. The SMILES string of the molecule is O=C(O)Cc1cnc(-c2ccccc2)c(CCc2nc3c(F)c(F)cc(F)c3s2)c1. The van der Waals surface area contributed by atoms with Crippen molar-refractivity contribution in [2.75, 3.05) is 0 Å². The first kappa shape index (κ1) is 20.0. The molecule has 0 aliphatic heterocycles. The Kier molecular flexibility index (Phi) is 5.50. The Balaban J connectivity index is 1.68. The van der Waals surface area contributed by atoms with Crippen LogP contribution in [0.1, 0.15) is 16.1 Å². The second kappa shape index (κ2) is 8.23. The van der Waals surface area contributed by atoms with Crippen LogP contribution < -0.4 is 0 Å². The molecule has 0 amide bonds. The molecule has 0 saturated heterocycles. The molecular formula is C22H15F3N2O2S. The van der Waals surface area contributed by atoms with Crippen LogP contribution >= 0.6 is 11.3 Å². The van der Waals surface area contributed by atoms with Crippen molar-refractivity contribution in [1.82, 2.24) is 9.97 Å². The maximum Gasteiger partial charge on any atom is 0.307 e. The molecule has 0 bridgehead atoms. The van der Waals surface area contributed by atoms with Crippen molar-refractivity contribution >= 4 is 27.5 Å². The van der Waals surface area contributed by atoms with E-state index >= 15 is 0 Å². The largest absolute Gasteiger partial charge is 0.481 e. The standard InChI is InChI=1S/C22H15F3N2O2S/c23-15-10-16(24)22-21(19(15)25)27-17(30-22)7-6-14-8-12(9-18(28)29)11-26-20(14)13-4-2-1-3-5-13/h1-5,8,10-11H,6-7,9H2,(H,28,29). The normalized spacial score (nSPS) is 11.2. The van der Waals surface area contributed by atoms with E-state index in [1.165, 1.54) is 6.20 Å². The number of rotatable bonds is 6. The van der Waals surface area contributed by atoms with Crippen LogP contribution in [0.2, 0.25) is 0 Å². The fourth-order valence-electron chi connectivity index (χ4n) is 3.25. The highest BCUT2D eigenvalue weighted by molar-refractivity contribution is 7.18. The first-order valence-corrected chi connectivity index (χ1v) is 9.92. The number of carbonyl (C=O) groups is 1. The lowest BCUT2D eigenvalue weighted by Crippen LogP contribution is -2.04. The number of carboxylic acids is 1. The summed E-state index contributed by atoms with van der Waals surface area (Å²) in [5, 5.41) is 9.52. The number of aryl methyl sites for hydroxylation is 2. The molecule has 30 heavy (non-hydrogen) atoms. The lowest BCUT2D eigenvalue weighted by molar-refractivity contribution is -0.136. The van der Waals surface area contributed by atoms with E-state index in [1.807, 2.05) is 30.3 Å². The quantitative estimate of drug-likeness (QED) is 0.430. The average Bonchev–Trinajstić information content (AvgIpc) is 3.16. The number of fused-ring (bicyclic) bond motifs is 1. The number of hydrogen-bond acceptors (Lipinski definition) is 4. The summed E-state index contributed by atoms with van der Waals surface area (Å²) in [6, 6.07) is 11.7. The number of pyridine rings is 1. The molecular weight excluding hydrogens is 413 g/mol. The van der Waals surface area contributed by atoms with Gasteiger partial charge < -0.3 is 5.11 Å². The van der Waals surface area contributed by atoms with Gasteiger partial charge in [-0.1, -0.05) is 36.4 Å². The zero-order chi connectivity index (χ0) is 21.3. The molecule has 0 unspecified atom stereocenters. The van der Waals surface area contributed by atoms with Crippen LogP contribution in [0.15, 0.2) is 48.7 Å². The summed E-state index contributed by atoms with van der Waals surface area (Å²) in [6.45, 7) is 0. The lowest BCUT2D eigenvalue weighted by Gasteiger charge is -2.10. The number of hydrogen-bond donors (Lipinski definition) is 1. The summed E-state index contributed by atoms with van der Waals surface area (Å²) in [5.74, 6) is -4.24. The monoisotopic (exact) mass is 428 g/mol. The molecule has 8 heteroatoms. The van der Waals surface area contributed by atoms with Gasteiger partial charge in [0, 0.05) is 24.2 Å². The number of aliphatic carboxylic acids is 1. The van der Waals surface area contributed by atoms with E-state index in [0.717, 1.165) is 22.5 Å². The molecule has 0 radical (unpaired) electrons. The van der Waals surface area contributed by atoms with Crippen LogP contribution in [0.3, 0.4) is 0 Å². The number of aromatic nitrogens is 2. The van der Waals surface area contributed by atoms with Gasteiger partial charge in [0.05, 0.1) is 21.8 Å². The van der Waals surface area contributed by atoms with Gasteiger partial charge >= 0.3 is 5.97 Å². The van der Waals surface area contributed by atoms with Gasteiger partial charge in [0.2, 0.25) is 0 Å². The smallest absolute Gasteiger partial charge is 0.307 e. The summed E-state index contributed by atoms with van der Waals surface area (Å²) in [5.41, 5.74) is 2.62. The summed E-state index contributed by atoms with van der Waals surface area (Å²) in [6.07, 6.45) is 2.14. The van der Waals surface area contributed by atoms with E-state index in [0.29, 0.717) is 35.2 Å². The van der Waals surface area contributed by atoms with E-state index in [2.05, 4.69) is 9.97 Å². The van der Waals surface area contributed by atoms with Crippen LogP contribution in [-0.4, -0.2) is 21.0 Å². The minimum absolute atomic E-state index is 0.0232. The van der Waals surface area contributed by atoms with Crippen molar-refractivity contribution in [2.45, 2.75) is 19.3 Å². The third-order valence-electron chi connectivity index (χ3n) is 4.59. The van der Waals surface area contributed by atoms with Gasteiger partial charge in [-0.2, -0.15) is 0 Å². The van der Waals surface area contributed by atoms with Gasteiger partial charge in [-0.15, -0.1) is 11.3 Å². The van der Waals surface area contributed by atoms with Crippen LogP contribution in [0, 0.1) is 17.5 Å². The Morgan fingerprint density at radius 3 is 2.53 bits per heavy atom. The topological polar surface area (TPSA) is 63.1 Å². The van der Waals surface area contributed by atoms with Crippen molar-refractivity contribution in [3.05, 3.63) is 82.2 Å². The van der Waals surface area contributed by atoms with Crippen LogP contribution in [0.5, 0.6) is 0 Å². The van der Waals surface area contributed by atoms with Gasteiger partial charge in [0.1, 0.15) is 11.3 Å². The van der Waals surface area contributed by atoms with Crippen molar-refractivity contribution in [3.8, 4) is 11.3 Å². The predicted octanol–water partition coefficient (Wildman–Crippen LogP) is 5.19. The van der Waals surface area contributed by atoms with Gasteiger partial charge in [-0.05, 0) is 17.5 Å². The number of halogens is 3. The minimum Gasteiger partial charge on any atom is -0.481 e. The molecule has 4 aromatic rings. The van der Waals surface area contributed by atoms with Crippen LogP contribution in [-0.2, 0) is 24.1 Å². The highest BCUT2D eigenvalue weighted by Crippen LogP contribution is 2.30. The Morgan fingerprint density at radius 1 is 1.03 bits per heavy atom. The number of thiazole rings is 1. The van der Waals surface area contributed by atoms with E-state index in [4.69, 9.17) is 5.11 Å². The van der Waals surface area contributed by atoms with Crippen molar-refractivity contribution in [1.29, 1.82) is 0 Å². The molecule has 0 atom stereocenters. The predicted molar refractivity (Wildman–Crippen MR) is 108 cm³/mol.